The quantitative estimate of drug-likeness (QED) is 0.656. The van der Waals surface area contributed by atoms with Gasteiger partial charge in [-0.05, 0) is 77.7 Å². The molecule has 1 aromatic heterocycles. The van der Waals surface area contributed by atoms with Crippen LogP contribution in [0.15, 0.2) is 30.3 Å². The van der Waals surface area contributed by atoms with Crippen molar-refractivity contribution in [1.29, 1.82) is 0 Å². The van der Waals surface area contributed by atoms with E-state index in [1.807, 2.05) is 18.2 Å². The minimum Gasteiger partial charge on any atom is -0.355 e. The van der Waals surface area contributed by atoms with Crippen molar-refractivity contribution in [2.75, 3.05) is 39.3 Å². The summed E-state index contributed by atoms with van der Waals surface area (Å²) in [6.07, 6.45) is 9.61. The molecule has 2 aromatic rings. The Kier molecular flexibility index (Phi) is 7.37. The summed E-state index contributed by atoms with van der Waals surface area (Å²) in [5.74, 6) is 1.60. The molecule has 1 atom stereocenters. The second kappa shape index (κ2) is 10.8. The maximum atomic E-state index is 13.0. The van der Waals surface area contributed by atoms with Crippen LogP contribution in [-0.4, -0.2) is 75.8 Å². The zero-order valence-electron chi connectivity index (χ0n) is 19.8. The predicted octanol–water partition coefficient (Wildman–Crippen LogP) is 3.28. The van der Waals surface area contributed by atoms with Crippen molar-refractivity contribution in [3.63, 3.8) is 0 Å². The summed E-state index contributed by atoms with van der Waals surface area (Å²) in [4.78, 5) is 18.3. The Morgan fingerprint density at radius 1 is 0.909 bits per heavy atom. The normalized spacial score (nSPS) is 22.7. The first-order chi connectivity index (χ1) is 16.3. The average molecular weight is 451 g/mol. The maximum Gasteiger partial charge on any atom is 0.230 e. The van der Waals surface area contributed by atoms with E-state index in [4.69, 9.17) is 0 Å². The number of hydrogen-bond donors (Lipinski definition) is 1. The van der Waals surface area contributed by atoms with Crippen molar-refractivity contribution in [3.8, 4) is 11.4 Å². The lowest BCUT2D eigenvalue weighted by molar-refractivity contribution is -0.123. The molecule has 3 aliphatic rings. The summed E-state index contributed by atoms with van der Waals surface area (Å²) in [5.41, 5.74) is 1.06. The Balaban J connectivity index is 1.07. The van der Waals surface area contributed by atoms with Crippen LogP contribution < -0.4 is 5.32 Å². The molecular weight excluding hydrogens is 412 g/mol. The van der Waals surface area contributed by atoms with Gasteiger partial charge in [-0.15, -0.1) is 10.2 Å². The molecule has 5 rings (SSSR count). The van der Waals surface area contributed by atoms with Gasteiger partial charge in [0, 0.05) is 24.7 Å². The molecule has 0 bridgehead atoms. The van der Waals surface area contributed by atoms with Gasteiger partial charge < -0.3 is 19.7 Å². The van der Waals surface area contributed by atoms with Crippen LogP contribution in [0.25, 0.3) is 11.4 Å². The van der Waals surface area contributed by atoms with Crippen LogP contribution in [0.5, 0.6) is 0 Å². The van der Waals surface area contributed by atoms with Gasteiger partial charge in [0.2, 0.25) is 5.91 Å². The summed E-state index contributed by atoms with van der Waals surface area (Å²) in [6, 6.07) is 10.9. The highest BCUT2D eigenvalue weighted by molar-refractivity contribution is 5.83. The number of amides is 1. The number of fused-ring (bicyclic) bond motifs is 1. The highest BCUT2D eigenvalue weighted by Gasteiger charge is 2.31. The number of carbonyl (C=O) groups excluding carboxylic acids is 1. The average Bonchev–Trinajstić information content (AvgIpc) is 3.32. The molecule has 178 valence electrons. The summed E-state index contributed by atoms with van der Waals surface area (Å²) in [5, 5.41) is 12.0. The standard InChI is InChI=1S/C26H38N6O/c33-26(23-11-7-18-32-24(28-29-25(23)32)21-9-3-1-4-10-21)27-14-8-15-30-19-12-22(13-20-30)31-16-5-2-6-17-31/h1,3-4,9-10,22-23H,2,5-8,11-20H2,(H,27,33). The van der Waals surface area contributed by atoms with Crippen LogP contribution in [0.3, 0.4) is 0 Å². The molecular formula is C26H38N6O. The van der Waals surface area contributed by atoms with E-state index >= 15 is 0 Å². The number of nitrogens with zero attached hydrogens (tertiary/aromatic N) is 5. The number of hydrogen-bond acceptors (Lipinski definition) is 5. The molecule has 7 heteroatoms. The highest BCUT2D eigenvalue weighted by atomic mass is 16.1. The number of benzene rings is 1. The third-order valence-corrected chi connectivity index (χ3v) is 7.73. The summed E-state index contributed by atoms with van der Waals surface area (Å²) in [7, 11) is 0. The second-order valence-electron chi connectivity index (χ2n) is 9.91. The van der Waals surface area contributed by atoms with Crippen molar-refractivity contribution in [3.05, 3.63) is 36.2 Å². The number of nitrogens with one attached hydrogen (secondary N) is 1. The molecule has 3 aliphatic heterocycles. The Labute approximate surface area is 197 Å². The first kappa shape index (κ1) is 22.5. The van der Waals surface area contributed by atoms with Gasteiger partial charge in [-0.1, -0.05) is 36.8 Å². The monoisotopic (exact) mass is 450 g/mol. The number of likely N-dealkylation sites (tertiary alicyclic amines) is 2. The Morgan fingerprint density at radius 2 is 1.70 bits per heavy atom. The van der Waals surface area contributed by atoms with E-state index in [0.717, 1.165) is 62.2 Å². The fourth-order valence-corrected chi connectivity index (χ4v) is 5.85. The van der Waals surface area contributed by atoms with E-state index in [-0.39, 0.29) is 11.8 Å². The van der Waals surface area contributed by atoms with E-state index < -0.39 is 0 Å². The number of aromatic nitrogens is 3. The lowest BCUT2D eigenvalue weighted by atomic mass is 9.97. The van der Waals surface area contributed by atoms with Gasteiger partial charge >= 0.3 is 0 Å². The molecule has 0 saturated carbocycles. The zero-order chi connectivity index (χ0) is 22.5. The van der Waals surface area contributed by atoms with E-state index in [1.54, 1.807) is 0 Å². The number of rotatable bonds is 7. The maximum absolute atomic E-state index is 13.0. The lowest BCUT2D eigenvalue weighted by Gasteiger charge is -2.40. The summed E-state index contributed by atoms with van der Waals surface area (Å²) < 4.78 is 2.13. The Morgan fingerprint density at radius 3 is 2.48 bits per heavy atom. The molecule has 4 heterocycles. The van der Waals surface area contributed by atoms with Crippen molar-refractivity contribution >= 4 is 5.91 Å². The van der Waals surface area contributed by atoms with E-state index in [2.05, 4.69) is 42.0 Å². The van der Waals surface area contributed by atoms with Crippen LogP contribution >= 0.6 is 0 Å². The minimum absolute atomic E-state index is 0.103. The molecule has 0 spiro atoms. The molecule has 2 saturated heterocycles. The summed E-state index contributed by atoms with van der Waals surface area (Å²) in [6.45, 7) is 7.69. The largest absolute Gasteiger partial charge is 0.355 e. The van der Waals surface area contributed by atoms with Gasteiger partial charge in [0.1, 0.15) is 5.82 Å². The number of carbonyl (C=O) groups is 1. The third kappa shape index (κ3) is 5.30. The molecule has 1 N–H and O–H groups in total. The van der Waals surface area contributed by atoms with Gasteiger partial charge in [-0.2, -0.15) is 0 Å². The van der Waals surface area contributed by atoms with Crippen molar-refractivity contribution < 1.29 is 4.79 Å². The third-order valence-electron chi connectivity index (χ3n) is 7.73. The van der Waals surface area contributed by atoms with Gasteiger partial charge in [0.25, 0.3) is 0 Å². The molecule has 7 nitrogen and oxygen atoms in total. The first-order valence-electron chi connectivity index (χ1n) is 13.0. The van der Waals surface area contributed by atoms with Crippen LogP contribution in [0.2, 0.25) is 0 Å². The van der Waals surface area contributed by atoms with Crippen molar-refractivity contribution in [2.24, 2.45) is 0 Å². The first-order valence-corrected chi connectivity index (χ1v) is 13.0. The fraction of sp³-hybridized carbons (Fsp3) is 0.654. The second-order valence-corrected chi connectivity index (χ2v) is 9.91. The highest BCUT2D eigenvalue weighted by Crippen LogP contribution is 2.30. The number of piperidine rings is 2. The molecule has 1 aromatic carbocycles. The van der Waals surface area contributed by atoms with Gasteiger partial charge in [-0.3, -0.25) is 4.79 Å². The molecule has 2 fully saturated rings. The predicted molar refractivity (Wildman–Crippen MR) is 130 cm³/mol. The van der Waals surface area contributed by atoms with Gasteiger partial charge in [0.05, 0.1) is 5.92 Å². The summed E-state index contributed by atoms with van der Waals surface area (Å²) >= 11 is 0. The van der Waals surface area contributed by atoms with Gasteiger partial charge in [0.15, 0.2) is 5.82 Å². The van der Waals surface area contributed by atoms with Crippen LogP contribution in [0.1, 0.15) is 63.1 Å². The van der Waals surface area contributed by atoms with Crippen LogP contribution in [0, 0.1) is 0 Å². The topological polar surface area (TPSA) is 66.3 Å². The molecule has 0 aliphatic carbocycles. The molecule has 33 heavy (non-hydrogen) atoms. The SMILES string of the molecule is O=C(NCCCN1CCC(N2CCCCC2)CC1)C1CCCn2c(-c3ccccc3)nnc21. The molecule has 1 unspecified atom stereocenters. The smallest absolute Gasteiger partial charge is 0.230 e. The Bertz CT molecular complexity index is 899. The fourth-order valence-electron chi connectivity index (χ4n) is 5.85. The minimum atomic E-state index is -0.191. The van der Waals surface area contributed by atoms with Crippen molar-refractivity contribution in [2.45, 2.75) is 69.9 Å². The lowest BCUT2D eigenvalue weighted by Crippen LogP contribution is -2.47. The van der Waals surface area contributed by atoms with Crippen LogP contribution in [-0.2, 0) is 11.3 Å². The van der Waals surface area contributed by atoms with E-state index in [1.165, 1.54) is 58.3 Å². The molecule has 0 radical (unpaired) electrons. The molecule has 1 amide bonds. The zero-order valence-corrected chi connectivity index (χ0v) is 19.8. The van der Waals surface area contributed by atoms with Crippen LogP contribution in [0.4, 0.5) is 0 Å². The van der Waals surface area contributed by atoms with Gasteiger partial charge in [-0.25, -0.2) is 0 Å². The van der Waals surface area contributed by atoms with E-state index in [9.17, 15) is 4.79 Å². The van der Waals surface area contributed by atoms with E-state index in [0.29, 0.717) is 0 Å². The Hall–Kier alpha value is -2.25. The van der Waals surface area contributed by atoms with Crippen molar-refractivity contribution in [1.82, 2.24) is 29.9 Å².